The average Bonchev–Trinajstić information content (AvgIpc) is 2.08. The highest BCUT2D eigenvalue weighted by molar-refractivity contribution is 7.89. The second-order valence-electron chi connectivity index (χ2n) is 3.83. The molecule has 2 unspecified atom stereocenters. The molecular weight excluding hydrogens is 224 g/mol. The monoisotopic (exact) mass is 241 g/mol. The highest BCUT2D eigenvalue weighted by atomic mass is 32.2. The molecule has 2 atom stereocenters. The van der Waals surface area contributed by atoms with Crippen molar-refractivity contribution in [3.05, 3.63) is 0 Å². The van der Waals surface area contributed by atoms with E-state index >= 15 is 0 Å². The molecular formula is C8H17FNO2PS. The Hall–Kier alpha value is 0.270. The Balaban J connectivity index is 2.66. The van der Waals surface area contributed by atoms with Crippen LogP contribution in [0.15, 0.2) is 0 Å². The van der Waals surface area contributed by atoms with Crippen molar-refractivity contribution >= 4 is 18.6 Å². The van der Waals surface area contributed by atoms with Crippen LogP contribution in [0.3, 0.4) is 0 Å². The van der Waals surface area contributed by atoms with Gasteiger partial charge in [-0.05, 0) is 25.7 Å². The van der Waals surface area contributed by atoms with Crippen molar-refractivity contribution in [2.45, 2.75) is 18.5 Å². The minimum absolute atomic E-state index is 0.311. The molecule has 0 radical (unpaired) electrons. The third kappa shape index (κ3) is 2.88. The van der Waals surface area contributed by atoms with Gasteiger partial charge in [-0.15, -0.1) is 8.58 Å². The van der Waals surface area contributed by atoms with Crippen LogP contribution in [0.5, 0.6) is 0 Å². The number of hydrogen-bond donors (Lipinski definition) is 0. The second-order valence-corrected chi connectivity index (χ2v) is 7.12. The van der Waals surface area contributed by atoms with E-state index in [0.29, 0.717) is 28.0 Å². The van der Waals surface area contributed by atoms with Crippen molar-refractivity contribution < 1.29 is 12.8 Å². The lowest BCUT2D eigenvalue weighted by atomic mass is 10.0. The molecule has 0 amide bonds. The number of nitrogens with zero attached hydrogens (tertiary/aromatic N) is 1. The van der Waals surface area contributed by atoms with Gasteiger partial charge >= 0.3 is 0 Å². The summed E-state index contributed by atoms with van der Waals surface area (Å²) in [5.74, 6) is -0.332. The van der Waals surface area contributed by atoms with E-state index in [1.165, 1.54) is 11.4 Å². The van der Waals surface area contributed by atoms with Crippen LogP contribution in [0.25, 0.3) is 0 Å². The largest absolute Gasteiger partial charge is 0.243 e. The van der Waals surface area contributed by atoms with Gasteiger partial charge in [0.2, 0.25) is 10.0 Å². The smallest absolute Gasteiger partial charge is 0.217 e. The maximum atomic E-state index is 14.0. The highest BCUT2D eigenvalue weighted by Gasteiger charge is 2.41. The minimum atomic E-state index is -3.34. The van der Waals surface area contributed by atoms with Crippen molar-refractivity contribution in [1.29, 1.82) is 0 Å². The molecule has 1 rings (SSSR count). The normalized spacial score (nSPS) is 33.9. The molecule has 0 bridgehead atoms. The number of rotatable bonds is 3. The molecule has 1 heterocycles. The average molecular weight is 241 g/mol. The molecule has 0 aliphatic carbocycles. The van der Waals surface area contributed by atoms with Crippen molar-refractivity contribution in [1.82, 2.24) is 4.31 Å². The van der Waals surface area contributed by atoms with Crippen molar-refractivity contribution in [2.24, 2.45) is 0 Å². The van der Waals surface area contributed by atoms with Crippen molar-refractivity contribution in [2.75, 3.05) is 32.2 Å². The molecule has 0 aromatic rings. The summed E-state index contributed by atoms with van der Waals surface area (Å²) < 4.78 is 38.2. The Morgan fingerprint density at radius 2 is 2.21 bits per heavy atom. The molecule has 1 saturated heterocycles. The fourth-order valence-corrected chi connectivity index (χ4v) is 3.78. The molecule has 0 saturated carbocycles. The Kier molecular flexibility index (Phi) is 3.89. The molecule has 1 aliphatic heterocycles. The number of halogens is 1. The summed E-state index contributed by atoms with van der Waals surface area (Å²) in [5.41, 5.74) is -1.48. The molecule has 1 aliphatic rings. The van der Waals surface area contributed by atoms with Gasteiger partial charge in [0.25, 0.3) is 0 Å². The Morgan fingerprint density at radius 3 is 2.71 bits per heavy atom. The SMILES string of the molecule is CPCCC1(F)CCN(C)S(=O)(=O)C1. The Labute approximate surface area is 86.9 Å². The maximum absolute atomic E-state index is 14.0. The first-order chi connectivity index (χ1) is 6.40. The van der Waals surface area contributed by atoms with Gasteiger partial charge in [0.05, 0.1) is 5.75 Å². The predicted molar refractivity (Wildman–Crippen MR) is 58.6 cm³/mol. The molecule has 84 valence electrons. The zero-order valence-corrected chi connectivity index (χ0v) is 10.4. The molecule has 0 N–H and O–H groups in total. The van der Waals surface area contributed by atoms with Gasteiger partial charge in [0, 0.05) is 13.6 Å². The highest BCUT2D eigenvalue weighted by Crippen LogP contribution is 2.30. The summed E-state index contributed by atoms with van der Waals surface area (Å²) in [6.45, 7) is 2.32. The fourth-order valence-electron chi connectivity index (χ4n) is 1.55. The summed E-state index contributed by atoms with van der Waals surface area (Å²) in [7, 11) is -1.14. The lowest BCUT2D eigenvalue weighted by molar-refractivity contribution is 0.149. The molecule has 0 aromatic carbocycles. The number of alkyl halides is 1. The van der Waals surface area contributed by atoms with Crippen LogP contribution in [-0.4, -0.2) is 50.6 Å². The van der Waals surface area contributed by atoms with Crippen LogP contribution in [0.4, 0.5) is 4.39 Å². The van der Waals surface area contributed by atoms with Gasteiger partial charge in [0.1, 0.15) is 5.67 Å². The summed E-state index contributed by atoms with van der Waals surface area (Å²) in [4.78, 5) is 0. The quantitative estimate of drug-likeness (QED) is 0.693. The van der Waals surface area contributed by atoms with E-state index in [1.807, 2.05) is 6.66 Å². The zero-order valence-electron chi connectivity index (χ0n) is 8.59. The standard InChI is InChI=1S/C8H17FNO2PS/c1-10-5-3-8(9,4-6-13-2)7-14(10,11)12/h13H,3-7H2,1-2H3. The topological polar surface area (TPSA) is 37.4 Å². The third-order valence-electron chi connectivity index (χ3n) is 2.61. The molecule has 0 aromatic heterocycles. The number of sulfonamides is 1. The first-order valence-electron chi connectivity index (χ1n) is 4.67. The lowest BCUT2D eigenvalue weighted by Crippen LogP contribution is -2.47. The van der Waals surface area contributed by atoms with E-state index in [1.54, 1.807) is 0 Å². The Morgan fingerprint density at radius 1 is 1.57 bits per heavy atom. The van der Waals surface area contributed by atoms with Crippen molar-refractivity contribution in [3.8, 4) is 0 Å². The van der Waals surface area contributed by atoms with Gasteiger partial charge < -0.3 is 0 Å². The van der Waals surface area contributed by atoms with Gasteiger partial charge in [0.15, 0.2) is 0 Å². The van der Waals surface area contributed by atoms with Gasteiger partial charge in [-0.1, -0.05) is 0 Å². The van der Waals surface area contributed by atoms with Gasteiger partial charge in [-0.3, -0.25) is 0 Å². The summed E-state index contributed by atoms with van der Waals surface area (Å²) in [5, 5.41) is 0. The van der Waals surface area contributed by atoms with E-state index in [2.05, 4.69) is 0 Å². The fraction of sp³-hybridized carbons (Fsp3) is 1.00. The van der Waals surface area contributed by atoms with Crippen LogP contribution >= 0.6 is 8.58 Å². The second kappa shape index (κ2) is 4.42. The van der Waals surface area contributed by atoms with Crippen LogP contribution in [-0.2, 0) is 10.0 Å². The predicted octanol–water partition coefficient (Wildman–Crippen LogP) is 1.06. The van der Waals surface area contributed by atoms with E-state index < -0.39 is 15.7 Å². The zero-order chi connectivity index (χ0) is 10.8. The van der Waals surface area contributed by atoms with Crippen LogP contribution in [0.1, 0.15) is 12.8 Å². The number of hydrogen-bond acceptors (Lipinski definition) is 2. The lowest BCUT2D eigenvalue weighted by Gasteiger charge is -2.33. The van der Waals surface area contributed by atoms with Gasteiger partial charge in [-0.2, -0.15) is 0 Å². The van der Waals surface area contributed by atoms with Crippen LogP contribution in [0, 0.1) is 0 Å². The minimum Gasteiger partial charge on any atom is -0.243 e. The third-order valence-corrected chi connectivity index (χ3v) is 5.38. The summed E-state index contributed by atoms with van der Waals surface area (Å²) >= 11 is 0. The van der Waals surface area contributed by atoms with E-state index in [9.17, 15) is 12.8 Å². The van der Waals surface area contributed by atoms with E-state index in [-0.39, 0.29) is 5.75 Å². The first kappa shape index (κ1) is 12.3. The first-order valence-corrected chi connectivity index (χ1v) is 7.99. The summed E-state index contributed by atoms with van der Waals surface area (Å²) in [6.07, 6.45) is 1.51. The molecule has 3 nitrogen and oxygen atoms in total. The Bertz CT molecular complexity index is 292. The molecule has 6 heteroatoms. The van der Waals surface area contributed by atoms with E-state index in [0.717, 1.165) is 6.16 Å². The van der Waals surface area contributed by atoms with E-state index in [4.69, 9.17) is 0 Å². The van der Waals surface area contributed by atoms with Gasteiger partial charge in [-0.25, -0.2) is 17.1 Å². The molecule has 0 spiro atoms. The maximum Gasteiger partial charge on any atom is 0.217 e. The molecule has 14 heavy (non-hydrogen) atoms. The van der Waals surface area contributed by atoms with Crippen LogP contribution in [0.2, 0.25) is 0 Å². The van der Waals surface area contributed by atoms with Crippen LogP contribution < -0.4 is 0 Å². The molecule has 1 fully saturated rings. The van der Waals surface area contributed by atoms with Crippen molar-refractivity contribution in [3.63, 3.8) is 0 Å². The summed E-state index contributed by atoms with van der Waals surface area (Å²) in [6, 6.07) is 0.